The average molecular weight is 300 g/mol. The molecule has 1 fully saturated rings. The third-order valence-electron chi connectivity index (χ3n) is 4.05. The van der Waals surface area contributed by atoms with Gasteiger partial charge in [0.1, 0.15) is 0 Å². The van der Waals surface area contributed by atoms with E-state index in [9.17, 15) is 9.59 Å². The lowest BCUT2D eigenvalue weighted by Gasteiger charge is -2.20. The van der Waals surface area contributed by atoms with Crippen molar-refractivity contribution in [2.75, 3.05) is 26.3 Å². The first kappa shape index (κ1) is 17.8. The fourth-order valence-corrected chi connectivity index (χ4v) is 2.53. The van der Waals surface area contributed by atoms with Gasteiger partial charge in [0.25, 0.3) is 0 Å². The fourth-order valence-electron chi connectivity index (χ4n) is 2.53. The topological polar surface area (TPSA) is 87.7 Å². The van der Waals surface area contributed by atoms with Crippen LogP contribution < -0.4 is 10.6 Å². The molecule has 0 aliphatic carbocycles. The Morgan fingerprint density at radius 1 is 1.29 bits per heavy atom. The van der Waals surface area contributed by atoms with Gasteiger partial charge in [-0.15, -0.1) is 0 Å². The predicted molar refractivity (Wildman–Crippen MR) is 80.1 cm³/mol. The Hall–Kier alpha value is -1.30. The second kappa shape index (κ2) is 9.60. The van der Waals surface area contributed by atoms with Crippen LogP contribution in [-0.2, 0) is 9.53 Å². The lowest BCUT2D eigenvalue weighted by molar-refractivity contribution is -0.137. The molecule has 0 aromatic heterocycles. The molecule has 0 saturated carbocycles. The second-order valence-corrected chi connectivity index (χ2v) is 6.09. The van der Waals surface area contributed by atoms with Crippen molar-refractivity contribution in [1.82, 2.24) is 10.6 Å². The van der Waals surface area contributed by atoms with Crippen LogP contribution in [0.2, 0.25) is 0 Å². The smallest absolute Gasteiger partial charge is 0.314 e. The van der Waals surface area contributed by atoms with Crippen LogP contribution >= 0.6 is 0 Å². The summed E-state index contributed by atoms with van der Waals surface area (Å²) in [6.45, 7) is 6.92. The minimum Gasteiger partial charge on any atom is -0.481 e. The van der Waals surface area contributed by atoms with Crippen molar-refractivity contribution in [2.24, 2.45) is 17.8 Å². The Labute approximate surface area is 126 Å². The molecule has 0 spiro atoms. The molecular formula is C15H28N2O4. The summed E-state index contributed by atoms with van der Waals surface area (Å²) in [5.74, 6) is 0.411. The van der Waals surface area contributed by atoms with E-state index in [0.29, 0.717) is 37.3 Å². The summed E-state index contributed by atoms with van der Waals surface area (Å²) in [5.41, 5.74) is 0. The van der Waals surface area contributed by atoms with Crippen LogP contribution in [0.25, 0.3) is 0 Å². The van der Waals surface area contributed by atoms with Gasteiger partial charge < -0.3 is 20.5 Å². The maximum absolute atomic E-state index is 11.7. The predicted octanol–water partition coefficient (Wildman–Crippen LogP) is 1.85. The molecule has 122 valence electrons. The van der Waals surface area contributed by atoms with Gasteiger partial charge in [-0.3, -0.25) is 4.79 Å². The van der Waals surface area contributed by atoms with Crippen LogP contribution in [0.1, 0.15) is 39.5 Å². The van der Waals surface area contributed by atoms with Crippen molar-refractivity contribution in [3.63, 3.8) is 0 Å². The zero-order valence-corrected chi connectivity index (χ0v) is 13.1. The number of hydrogen-bond acceptors (Lipinski definition) is 3. The van der Waals surface area contributed by atoms with Gasteiger partial charge in [0.05, 0.1) is 6.61 Å². The van der Waals surface area contributed by atoms with E-state index in [1.807, 2.05) is 0 Å². The molecule has 1 saturated heterocycles. The van der Waals surface area contributed by atoms with E-state index in [1.165, 1.54) is 0 Å². The second-order valence-electron chi connectivity index (χ2n) is 6.09. The van der Waals surface area contributed by atoms with Gasteiger partial charge in [-0.2, -0.15) is 0 Å². The molecule has 1 rings (SSSR count). The first-order valence-electron chi connectivity index (χ1n) is 7.80. The van der Waals surface area contributed by atoms with Gasteiger partial charge >= 0.3 is 12.0 Å². The van der Waals surface area contributed by atoms with Gasteiger partial charge in [0, 0.05) is 32.0 Å². The highest BCUT2D eigenvalue weighted by molar-refractivity contribution is 5.73. The van der Waals surface area contributed by atoms with Crippen molar-refractivity contribution in [3.8, 4) is 0 Å². The molecule has 2 amide bonds. The van der Waals surface area contributed by atoms with Crippen LogP contribution in [0.5, 0.6) is 0 Å². The van der Waals surface area contributed by atoms with E-state index < -0.39 is 5.97 Å². The number of carbonyl (C=O) groups excluding carboxylic acids is 1. The molecule has 0 radical (unpaired) electrons. The number of amides is 2. The van der Waals surface area contributed by atoms with E-state index in [1.54, 1.807) is 0 Å². The van der Waals surface area contributed by atoms with Crippen LogP contribution in [0.4, 0.5) is 4.79 Å². The molecule has 2 atom stereocenters. The number of hydrogen-bond donors (Lipinski definition) is 3. The number of carboxylic acids is 1. The lowest BCUT2D eigenvalue weighted by Crippen LogP contribution is -2.39. The van der Waals surface area contributed by atoms with E-state index in [-0.39, 0.29) is 12.5 Å². The summed E-state index contributed by atoms with van der Waals surface area (Å²) in [6, 6.07) is -0.150. The number of nitrogens with one attached hydrogen (secondary N) is 2. The molecule has 1 aliphatic rings. The highest BCUT2D eigenvalue weighted by atomic mass is 16.5. The highest BCUT2D eigenvalue weighted by Crippen LogP contribution is 2.20. The zero-order chi connectivity index (χ0) is 15.7. The normalized spacial score (nSPS) is 19.5. The number of rotatable bonds is 9. The summed E-state index contributed by atoms with van der Waals surface area (Å²) >= 11 is 0. The molecular weight excluding hydrogens is 272 g/mol. The highest BCUT2D eigenvalue weighted by Gasteiger charge is 2.17. The minimum atomic E-state index is -0.759. The van der Waals surface area contributed by atoms with Crippen LogP contribution in [0.3, 0.4) is 0 Å². The van der Waals surface area contributed by atoms with E-state index in [0.717, 1.165) is 26.1 Å². The largest absolute Gasteiger partial charge is 0.481 e. The molecule has 1 aliphatic heterocycles. The minimum absolute atomic E-state index is 0.150. The van der Waals surface area contributed by atoms with E-state index in [4.69, 9.17) is 9.84 Å². The summed E-state index contributed by atoms with van der Waals surface area (Å²) < 4.78 is 5.25. The number of ether oxygens (including phenoxy) is 1. The van der Waals surface area contributed by atoms with Gasteiger partial charge in [0.15, 0.2) is 0 Å². The van der Waals surface area contributed by atoms with Crippen molar-refractivity contribution in [2.45, 2.75) is 39.5 Å². The first-order chi connectivity index (χ1) is 9.99. The molecule has 0 bridgehead atoms. The summed E-state index contributed by atoms with van der Waals surface area (Å²) in [4.78, 5) is 22.3. The number of carbonyl (C=O) groups is 2. The third-order valence-corrected chi connectivity index (χ3v) is 4.05. The van der Waals surface area contributed by atoms with Gasteiger partial charge in [-0.05, 0) is 31.1 Å². The Morgan fingerprint density at radius 3 is 2.62 bits per heavy atom. The molecule has 6 nitrogen and oxygen atoms in total. The summed E-state index contributed by atoms with van der Waals surface area (Å²) in [6.07, 6.45) is 2.67. The number of urea groups is 1. The summed E-state index contributed by atoms with van der Waals surface area (Å²) in [5, 5.41) is 14.4. The van der Waals surface area contributed by atoms with Gasteiger partial charge in [-0.1, -0.05) is 13.8 Å². The summed E-state index contributed by atoms with van der Waals surface area (Å²) in [7, 11) is 0. The fraction of sp³-hybridized carbons (Fsp3) is 0.867. The molecule has 1 heterocycles. The Balaban J connectivity index is 2.13. The molecule has 2 unspecified atom stereocenters. The maximum atomic E-state index is 11.7. The van der Waals surface area contributed by atoms with Gasteiger partial charge in [0.2, 0.25) is 0 Å². The monoisotopic (exact) mass is 300 g/mol. The average Bonchev–Trinajstić information content (AvgIpc) is 2.92. The quantitative estimate of drug-likeness (QED) is 0.606. The SMILES string of the molecule is CC(C)C(CCNC(=O)NCC1CCOC1)CCC(=O)O. The van der Waals surface area contributed by atoms with E-state index >= 15 is 0 Å². The molecule has 0 aromatic carbocycles. The number of aliphatic carboxylic acids is 1. The molecule has 3 N–H and O–H groups in total. The van der Waals surface area contributed by atoms with Crippen LogP contribution in [-0.4, -0.2) is 43.4 Å². The van der Waals surface area contributed by atoms with E-state index in [2.05, 4.69) is 24.5 Å². The van der Waals surface area contributed by atoms with Crippen molar-refractivity contribution in [3.05, 3.63) is 0 Å². The maximum Gasteiger partial charge on any atom is 0.314 e. The Bertz CT molecular complexity index is 328. The number of carboxylic acid groups (broad SMARTS) is 1. The Morgan fingerprint density at radius 2 is 2.05 bits per heavy atom. The molecule has 0 aromatic rings. The third kappa shape index (κ3) is 7.90. The molecule has 21 heavy (non-hydrogen) atoms. The molecule has 6 heteroatoms. The lowest BCUT2D eigenvalue weighted by atomic mass is 9.88. The van der Waals surface area contributed by atoms with Crippen molar-refractivity contribution in [1.29, 1.82) is 0 Å². The zero-order valence-electron chi connectivity index (χ0n) is 13.1. The van der Waals surface area contributed by atoms with Crippen LogP contribution in [0, 0.1) is 17.8 Å². The standard InChI is InChI=1S/C15H28N2O4/c1-11(2)13(3-4-14(18)19)5-7-16-15(20)17-9-12-6-8-21-10-12/h11-13H,3-10H2,1-2H3,(H,18,19)(H2,16,17,20). The van der Waals surface area contributed by atoms with Crippen molar-refractivity contribution < 1.29 is 19.4 Å². The Kier molecular flexibility index (Phi) is 8.12. The first-order valence-corrected chi connectivity index (χ1v) is 7.80. The van der Waals surface area contributed by atoms with Crippen molar-refractivity contribution >= 4 is 12.0 Å². The van der Waals surface area contributed by atoms with Gasteiger partial charge in [-0.25, -0.2) is 4.79 Å². The van der Waals surface area contributed by atoms with Crippen LogP contribution in [0.15, 0.2) is 0 Å².